The Kier molecular flexibility index (Phi) is 5.49. The molecule has 23 heavy (non-hydrogen) atoms. The summed E-state index contributed by atoms with van der Waals surface area (Å²) in [6, 6.07) is 1.74. The molecule has 2 heterocycles. The smallest absolute Gasteiger partial charge is 0.410 e. The van der Waals surface area contributed by atoms with Gasteiger partial charge in [-0.3, -0.25) is 0 Å². The molecule has 0 saturated carbocycles. The summed E-state index contributed by atoms with van der Waals surface area (Å²) < 4.78 is 11.4. The van der Waals surface area contributed by atoms with Gasteiger partial charge in [0.15, 0.2) is 0 Å². The molecule has 0 spiro atoms. The van der Waals surface area contributed by atoms with Crippen LogP contribution in [-0.2, 0) is 22.4 Å². The van der Waals surface area contributed by atoms with Crippen molar-refractivity contribution in [2.75, 3.05) is 13.2 Å². The summed E-state index contributed by atoms with van der Waals surface area (Å²) in [5.74, 6) is -0.442. The minimum Gasteiger partial charge on any atom is -0.461 e. The first-order valence-electron chi connectivity index (χ1n) is 7.54. The number of aromatic nitrogens is 1. The average Bonchev–Trinajstić information content (AvgIpc) is 2.45. The predicted molar refractivity (Wildman–Crippen MR) is 93.3 cm³/mol. The quantitative estimate of drug-likeness (QED) is 0.531. The average molecular weight is 432 g/mol. The number of amides is 1. The van der Waals surface area contributed by atoms with Gasteiger partial charge in [0.1, 0.15) is 11.3 Å². The number of halogens is 1. The number of hydrogen-bond acceptors (Lipinski definition) is 5. The predicted octanol–water partition coefficient (Wildman–Crippen LogP) is 3.16. The van der Waals surface area contributed by atoms with Crippen LogP contribution < -0.4 is 0 Å². The third kappa shape index (κ3) is 4.55. The van der Waals surface area contributed by atoms with E-state index in [2.05, 4.69) is 27.6 Å². The summed E-state index contributed by atoms with van der Waals surface area (Å²) in [5, 5.41) is 0. The lowest BCUT2D eigenvalue weighted by Gasteiger charge is -2.31. The van der Waals surface area contributed by atoms with Gasteiger partial charge in [-0.1, -0.05) is 0 Å². The number of rotatable bonds is 2. The van der Waals surface area contributed by atoms with Crippen LogP contribution in [0.4, 0.5) is 4.79 Å². The fourth-order valence-electron chi connectivity index (χ4n) is 2.28. The van der Waals surface area contributed by atoms with Crippen LogP contribution in [0.3, 0.4) is 0 Å². The Morgan fingerprint density at radius 2 is 2.09 bits per heavy atom. The summed E-state index contributed by atoms with van der Waals surface area (Å²) in [4.78, 5) is 30.1. The van der Waals surface area contributed by atoms with Gasteiger partial charge in [-0.05, 0) is 68.3 Å². The summed E-state index contributed by atoms with van der Waals surface area (Å²) >= 11 is 2.19. The lowest BCUT2D eigenvalue weighted by atomic mass is 10.0. The molecule has 0 radical (unpaired) electrons. The Balaban J connectivity index is 2.22. The molecule has 0 bridgehead atoms. The van der Waals surface area contributed by atoms with E-state index in [0.717, 1.165) is 14.8 Å². The van der Waals surface area contributed by atoms with Crippen molar-refractivity contribution in [2.45, 2.75) is 46.3 Å². The first kappa shape index (κ1) is 18.0. The topological polar surface area (TPSA) is 68.7 Å². The van der Waals surface area contributed by atoms with Gasteiger partial charge < -0.3 is 14.4 Å². The first-order valence-corrected chi connectivity index (χ1v) is 8.62. The van der Waals surface area contributed by atoms with Crippen LogP contribution in [-0.4, -0.2) is 40.7 Å². The maximum Gasteiger partial charge on any atom is 0.410 e. The molecule has 0 N–H and O–H groups in total. The number of nitrogens with zero attached hydrogens (tertiary/aromatic N) is 2. The summed E-state index contributed by atoms with van der Waals surface area (Å²) in [5.41, 5.74) is 1.56. The molecule has 126 valence electrons. The molecule has 1 aromatic rings. The highest BCUT2D eigenvalue weighted by Gasteiger charge is 2.28. The number of ether oxygens (including phenoxy) is 2. The molecule has 6 nitrogen and oxygen atoms in total. The lowest BCUT2D eigenvalue weighted by molar-refractivity contribution is 0.0220. The number of carbonyl (C=O) groups is 2. The normalized spacial score (nSPS) is 14.2. The van der Waals surface area contributed by atoms with Crippen molar-refractivity contribution < 1.29 is 19.1 Å². The number of carbonyl (C=O) groups excluding carboxylic acids is 2. The van der Waals surface area contributed by atoms with Gasteiger partial charge in [0.25, 0.3) is 0 Å². The molecular formula is C16H21IN2O4. The number of fused-ring (bicyclic) bond motifs is 1. The van der Waals surface area contributed by atoms with Crippen molar-refractivity contribution in [3.63, 3.8) is 0 Å². The van der Waals surface area contributed by atoms with Crippen LogP contribution in [0.5, 0.6) is 0 Å². The zero-order valence-corrected chi connectivity index (χ0v) is 16.0. The molecule has 0 aliphatic carbocycles. The van der Waals surface area contributed by atoms with Gasteiger partial charge in [0, 0.05) is 10.1 Å². The zero-order chi connectivity index (χ0) is 17.2. The van der Waals surface area contributed by atoms with Gasteiger partial charge in [0.2, 0.25) is 0 Å². The molecule has 0 saturated heterocycles. The second-order valence-electron chi connectivity index (χ2n) is 6.29. The molecule has 7 heteroatoms. The van der Waals surface area contributed by atoms with E-state index < -0.39 is 11.6 Å². The fourth-order valence-corrected chi connectivity index (χ4v) is 3.16. The van der Waals surface area contributed by atoms with Crippen LogP contribution >= 0.6 is 22.6 Å². The van der Waals surface area contributed by atoms with Gasteiger partial charge >= 0.3 is 12.1 Å². The van der Waals surface area contributed by atoms with E-state index in [4.69, 9.17) is 9.47 Å². The Labute approximate surface area is 149 Å². The van der Waals surface area contributed by atoms with Gasteiger partial charge in [-0.25, -0.2) is 14.6 Å². The number of pyridine rings is 1. The molecule has 1 aromatic heterocycles. The van der Waals surface area contributed by atoms with Crippen LogP contribution in [0.15, 0.2) is 6.07 Å². The van der Waals surface area contributed by atoms with E-state index in [1.54, 1.807) is 17.9 Å². The minimum absolute atomic E-state index is 0.279. The van der Waals surface area contributed by atoms with Crippen molar-refractivity contribution >= 4 is 34.7 Å². The lowest BCUT2D eigenvalue weighted by Crippen LogP contribution is -2.40. The standard InChI is InChI=1S/C16H21IN2O4/c1-5-22-14(20)12-8-11(17)10-6-7-19(9-13(10)18-12)15(21)23-16(2,3)4/h8H,5-7,9H2,1-4H3. The number of hydrogen-bond donors (Lipinski definition) is 0. The van der Waals surface area contributed by atoms with Crippen molar-refractivity contribution in [2.24, 2.45) is 0 Å². The van der Waals surface area contributed by atoms with Crippen LogP contribution in [0.2, 0.25) is 0 Å². The fraction of sp³-hybridized carbons (Fsp3) is 0.562. The van der Waals surface area contributed by atoms with E-state index in [1.165, 1.54) is 0 Å². The van der Waals surface area contributed by atoms with Crippen molar-refractivity contribution in [1.29, 1.82) is 0 Å². The summed E-state index contributed by atoms with van der Waals surface area (Å²) in [6.07, 6.45) is 0.338. The first-order chi connectivity index (χ1) is 10.7. The maximum atomic E-state index is 12.2. The molecule has 0 unspecified atom stereocenters. The highest BCUT2D eigenvalue weighted by atomic mass is 127. The largest absolute Gasteiger partial charge is 0.461 e. The Bertz CT molecular complexity index is 625. The highest BCUT2D eigenvalue weighted by molar-refractivity contribution is 14.1. The molecule has 1 aliphatic heterocycles. The van der Waals surface area contributed by atoms with E-state index in [9.17, 15) is 9.59 Å². The molecule has 2 rings (SSSR count). The van der Waals surface area contributed by atoms with E-state index in [0.29, 0.717) is 26.1 Å². The van der Waals surface area contributed by atoms with Crippen molar-refractivity contribution in [1.82, 2.24) is 9.88 Å². The molecule has 1 aliphatic rings. The second-order valence-corrected chi connectivity index (χ2v) is 7.45. The Morgan fingerprint density at radius 1 is 1.39 bits per heavy atom. The van der Waals surface area contributed by atoms with Crippen molar-refractivity contribution in [3.05, 3.63) is 26.6 Å². The molecule has 0 atom stereocenters. The Hall–Kier alpha value is -1.38. The Morgan fingerprint density at radius 3 is 2.70 bits per heavy atom. The third-order valence-corrected chi connectivity index (χ3v) is 4.23. The van der Waals surface area contributed by atoms with Crippen molar-refractivity contribution in [3.8, 4) is 0 Å². The number of esters is 1. The maximum absolute atomic E-state index is 12.2. The van der Waals surface area contributed by atoms with Gasteiger partial charge in [0.05, 0.1) is 18.8 Å². The molecule has 0 fully saturated rings. The summed E-state index contributed by atoms with van der Waals surface area (Å²) in [6.45, 7) is 8.49. The van der Waals surface area contributed by atoms with E-state index >= 15 is 0 Å². The van der Waals surface area contributed by atoms with E-state index in [-0.39, 0.29) is 11.8 Å². The van der Waals surface area contributed by atoms with E-state index in [1.807, 2.05) is 20.8 Å². The van der Waals surface area contributed by atoms with Crippen LogP contribution in [0.25, 0.3) is 0 Å². The van der Waals surface area contributed by atoms with Gasteiger partial charge in [-0.2, -0.15) is 0 Å². The SMILES string of the molecule is CCOC(=O)c1cc(I)c2c(n1)CN(C(=O)OC(C)(C)C)CC2. The van der Waals surface area contributed by atoms with Crippen LogP contribution in [0, 0.1) is 3.57 Å². The minimum atomic E-state index is -0.536. The summed E-state index contributed by atoms with van der Waals surface area (Å²) in [7, 11) is 0. The molecular weight excluding hydrogens is 411 g/mol. The molecule has 0 aromatic carbocycles. The molecule has 1 amide bonds. The van der Waals surface area contributed by atoms with Gasteiger partial charge in [-0.15, -0.1) is 0 Å². The third-order valence-electron chi connectivity index (χ3n) is 3.26. The highest BCUT2D eigenvalue weighted by Crippen LogP contribution is 2.25. The zero-order valence-electron chi connectivity index (χ0n) is 13.8. The monoisotopic (exact) mass is 432 g/mol. The van der Waals surface area contributed by atoms with Crippen LogP contribution in [0.1, 0.15) is 49.4 Å². The second kappa shape index (κ2) is 7.02.